The zero-order valence-electron chi connectivity index (χ0n) is 17.0. The van der Waals surface area contributed by atoms with Gasteiger partial charge in [-0.15, -0.1) is 0 Å². The molecule has 0 radical (unpaired) electrons. The van der Waals surface area contributed by atoms with Crippen LogP contribution in [0.1, 0.15) is 45.2 Å². The van der Waals surface area contributed by atoms with Gasteiger partial charge >= 0.3 is 5.97 Å². The van der Waals surface area contributed by atoms with E-state index < -0.39 is 12.0 Å². The maximum Gasteiger partial charge on any atom is 0.320 e. The Bertz CT molecular complexity index is 1150. The van der Waals surface area contributed by atoms with E-state index in [1.54, 1.807) is 61.5 Å². The first-order valence-corrected chi connectivity index (χ1v) is 9.90. The van der Waals surface area contributed by atoms with Crippen molar-refractivity contribution in [2.45, 2.75) is 25.8 Å². The summed E-state index contributed by atoms with van der Waals surface area (Å²) >= 11 is 0. The molecule has 0 saturated heterocycles. The van der Waals surface area contributed by atoms with E-state index in [2.05, 4.69) is 0 Å². The number of Topliss-reactive ketones (excluding diaryl/α,β-unsaturated/α-hetero) is 1. The van der Waals surface area contributed by atoms with Crippen molar-refractivity contribution in [1.29, 1.82) is 0 Å². The van der Waals surface area contributed by atoms with Crippen LogP contribution >= 0.6 is 0 Å². The van der Waals surface area contributed by atoms with Gasteiger partial charge in [0.25, 0.3) is 0 Å². The molecule has 1 atom stereocenters. The van der Waals surface area contributed by atoms with Crippen molar-refractivity contribution in [3.63, 3.8) is 0 Å². The van der Waals surface area contributed by atoms with Crippen LogP contribution in [0, 0.1) is 0 Å². The molecule has 6 heteroatoms. The van der Waals surface area contributed by atoms with Crippen LogP contribution in [0.15, 0.2) is 66.7 Å². The highest BCUT2D eigenvalue weighted by Gasteiger charge is 2.23. The Morgan fingerprint density at radius 2 is 1.48 bits per heavy atom. The highest BCUT2D eigenvalue weighted by Crippen LogP contribution is 2.33. The number of hydrogen-bond acceptors (Lipinski definition) is 5. The number of carboxylic acid groups (broad SMARTS) is 1. The molecule has 0 aromatic heterocycles. The molecule has 0 heterocycles. The first-order chi connectivity index (χ1) is 14.8. The van der Waals surface area contributed by atoms with Gasteiger partial charge in [0.15, 0.2) is 11.6 Å². The number of aromatic hydroxyl groups is 1. The molecule has 0 amide bonds. The molecular formula is C25H23NO5. The summed E-state index contributed by atoms with van der Waals surface area (Å²) in [7, 11) is 0. The van der Waals surface area contributed by atoms with E-state index >= 15 is 0 Å². The molecule has 0 aliphatic rings. The number of carboxylic acids is 1. The van der Waals surface area contributed by atoms with Gasteiger partial charge in [-0.3, -0.25) is 14.4 Å². The number of para-hydroxylation sites is 1. The predicted octanol–water partition coefficient (Wildman–Crippen LogP) is 3.84. The number of benzene rings is 3. The number of carbonyl (C=O) groups excluding carboxylic acids is 2. The smallest absolute Gasteiger partial charge is 0.320 e. The van der Waals surface area contributed by atoms with Gasteiger partial charge in [-0.2, -0.15) is 0 Å². The van der Waals surface area contributed by atoms with Crippen LogP contribution in [0.3, 0.4) is 0 Å². The van der Waals surface area contributed by atoms with Gasteiger partial charge in [0.2, 0.25) is 0 Å². The van der Waals surface area contributed by atoms with Gasteiger partial charge in [-0.25, -0.2) is 0 Å². The average Bonchev–Trinajstić information content (AvgIpc) is 2.78. The first-order valence-electron chi connectivity index (χ1n) is 9.90. The Kier molecular flexibility index (Phi) is 6.62. The summed E-state index contributed by atoms with van der Waals surface area (Å²) in [5.74, 6) is -1.84. The molecular weight excluding hydrogens is 394 g/mol. The molecule has 0 spiro atoms. The minimum absolute atomic E-state index is 0.0141. The Hall–Kier alpha value is -3.77. The zero-order valence-corrected chi connectivity index (χ0v) is 17.0. The Morgan fingerprint density at radius 1 is 0.871 bits per heavy atom. The van der Waals surface area contributed by atoms with Crippen molar-refractivity contribution < 1.29 is 24.6 Å². The van der Waals surface area contributed by atoms with Crippen molar-refractivity contribution in [2.24, 2.45) is 5.73 Å². The number of phenolic OH excluding ortho intramolecular Hbond substituents is 1. The van der Waals surface area contributed by atoms with E-state index in [0.717, 1.165) is 0 Å². The topological polar surface area (TPSA) is 118 Å². The van der Waals surface area contributed by atoms with Gasteiger partial charge < -0.3 is 15.9 Å². The summed E-state index contributed by atoms with van der Waals surface area (Å²) in [6, 6.07) is 17.1. The molecule has 158 valence electrons. The van der Waals surface area contributed by atoms with Crippen molar-refractivity contribution in [3.05, 3.63) is 89.0 Å². The summed E-state index contributed by atoms with van der Waals surface area (Å²) in [6.07, 6.45) is 0.196. The second kappa shape index (κ2) is 9.36. The van der Waals surface area contributed by atoms with Gasteiger partial charge in [-0.1, -0.05) is 61.5 Å². The fraction of sp³-hybridized carbons (Fsp3) is 0.160. The van der Waals surface area contributed by atoms with Crippen LogP contribution in [0.5, 0.6) is 5.75 Å². The second-order valence-corrected chi connectivity index (χ2v) is 7.16. The number of carbonyl (C=O) groups is 3. The zero-order chi connectivity index (χ0) is 22.5. The quantitative estimate of drug-likeness (QED) is 0.479. The molecule has 3 aromatic carbocycles. The van der Waals surface area contributed by atoms with Gasteiger partial charge in [-0.05, 0) is 35.2 Å². The minimum atomic E-state index is -1.16. The first kappa shape index (κ1) is 21.9. The molecule has 6 nitrogen and oxygen atoms in total. The Labute approximate surface area is 180 Å². The Balaban J connectivity index is 2.20. The number of phenols is 1. The number of hydrogen-bond donors (Lipinski definition) is 3. The van der Waals surface area contributed by atoms with Gasteiger partial charge in [0, 0.05) is 17.5 Å². The largest absolute Gasteiger partial charge is 0.507 e. The van der Waals surface area contributed by atoms with Crippen molar-refractivity contribution in [1.82, 2.24) is 0 Å². The van der Waals surface area contributed by atoms with Crippen molar-refractivity contribution in [2.75, 3.05) is 0 Å². The van der Waals surface area contributed by atoms with Crippen LogP contribution in [-0.4, -0.2) is 33.8 Å². The lowest BCUT2D eigenvalue weighted by molar-refractivity contribution is -0.138. The fourth-order valence-electron chi connectivity index (χ4n) is 3.55. The minimum Gasteiger partial charge on any atom is -0.507 e. The van der Waals surface area contributed by atoms with Crippen LogP contribution in [0.25, 0.3) is 11.1 Å². The molecule has 3 rings (SSSR count). The standard InChI is InChI=1S/C25H23NO5/c1-2-21(27)23-15(14-20(26)25(30)31)8-7-12-17(23)16-9-3-4-10-18(16)24(29)19-11-5-6-13-22(19)28/h3-13,20,28H,2,14,26H2,1H3,(H,30,31)/t20-/m1/s1. The highest BCUT2D eigenvalue weighted by atomic mass is 16.4. The van der Waals surface area contributed by atoms with E-state index in [1.165, 1.54) is 12.1 Å². The van der Waals surface area contributed by atoms with Gasteiger partial charge in [0.05, 0.1) is 5.56 Å². The number of rotatable bonds is 8. The van der Waals surface area contributed by atoms with Crippen molar-refractivity contribution in [3.8, 4) is 16.9 Å². The lowest BCUT2D eigenvalue weighted by Crippen LogP contribution is -2.32. The van der Waals surface area contributed by atoms with Crippen LogP contribution < -0.4 is 5.73 Å². The van der Waals surface area contributed by atoms with Crippen LogP contribution in [-0.2, 0) is 11.2 Å². The lowest BCUT2D eigenvalue weighted by Gasteiger charge is -2.17. The van der Waals surface area contributed by atoms with E-state index in [1.807, 2.05) is 0 Å². The van der Waals surface area contributed by atoms with E-state index in [-0.39, 0.29) is 35.7 Å². The molecule has 0 unspecified atom stereocenters. The summed E-state index contributed by atoms with van der Waals surface area (Å²) in [5.41, 5.74) is 8.14. The second-order valence-electron chi connectivity index (χ2n) is 7.16. The molecule has 31 heavy (non-hydrogen) atoms. The van der Waals surface area contributed by atoms with E-state index in [9.17, 15) is 24.6 Å². The molecule has 0 fully saturated rings. The summed E-state index contributed by atoms with van der Waals surface area (Å²) in [4.78, 5) is 37.4. The number of nitrogens with two attached hydrogens (primary N) is 1. The van der Waals surface area contributed by atoms with Gasteiger partial charge in [0.1, 0.15) is 11.8 Å². The number of aliphatic carboxylic acids is 1. The molecule has 0 aliphatic carbocycles. The third-order valence-corrected chi connectivity index (χ3v) is 5.12. The third kappa shape index (κ3) is 4.54. The molecule has 0 aliphatic heterocycles. The third-order valence-electron chi connectivity index (χ3n) is 5.12. The molecule has 0 saturated carbocycles. The predicted molar refractivity (Wildman–Crippen MR) is 117 cm³/mol. The van der Waals surface area contributed by atoms with Crippen LogP contribution in [0.4, 0.5) is 0 Å². The molecule has 0 bridgehead atoms. The highest BCUT2D eigenvalue weighted by molar-refractivity contribution is 6.15. The summed E-state index contributed by atoms with van der Waals surface area (Å²) < 4.78 is 0. The van der Waals surface area contributed by atoms with Crippen molar-refractivity contribution >= 4 is 17.5 Å². The normalized spacial score (nSPS) is 11.7. The average molecular weight is 417 g/mol. The molecule has 3 aromatic rings. The SMILES string of the molecule is CCC(=O)c1c(C[C@@H](N)C(=O)O)cccc1-c1ccccc1C(=O)c1ccccc1O. The lowest BCUT2D eigenvalue weighted by atomic mass is 9.86. The van der Waals surface area contributed by atoms with E-state index in [0.29, 0.717) is 27.8 Å². The summed E-state index contributed by atoms with van der Waals surface area (Å²) in [6.45, 7) is 1.72. The monoisotopic (exact) mass is 417 g/mol. The number of ketones is 2. The maximum atomic E-state index is 13.2. The fourth-order valence-corrected chi connectivity index (χ4v) is 3.55. The van der Waals surface area contributed by atoms with E-state index in [4.69, 9.17) is 5.73 Å². The molecule has 4 N–H and O–H groups in total. The summed E-state index contributed by atoms with van der Waals surface area (Å²) in [5, 5.41) is 19.3. The Morgan fingerprint density at radius 3 is 2.13 bits per heavy atom. The maximum absolute atomic E-state index is 13.2. The van der Waals surface area contributed by atoms with Crippen LogP contribution in [0.2, 0.25) is 0 Å².